The third kappa shape index (κ3) is 6.23. The Kier molecular flexibility index (Phi) is 8.75. The molecule has 0 saturated heterocycles. The summed E-state index contributed by atoms with van der Waals surface area (Å²) in [5, 5.41) is 0. The van der Waals surface area contributed by atoms with Crippen LogP contribution in [0.15, 0.2) is 72.8 Å². The highest BCUT2D eigenvalue weighted by Gasteiger charge is 2.06. The highest BCUT2D eigenvalue weighted by Crippen LogP contribution is 2.27. The SMILES string of the molecule is C/C=C(\C=C/c1cccc(C)c1)c1ccc(C)c(C(/C=C\CCC)=C\CC)c1. The van der Waals surface area contributed by atoms with Gasteiger partial charge in [0.05, 0.1) is 0 Å². The minimum Gasteiger partial charge on any atom is -0.0839 e. The van der Waals surface area contributed by atoms with Crippen LogP contribution in [0.2, 0.25) is 0 Å². The van der Waals surface area contributed by atoms with Crippen LogP contribution < -0.4 is 0 Å². The zero-order valence-electron chi connectivity index (χ0n) is 18.1. The minimum absolute atomic E-state index is 1.04. The standard InChI is InChI=1S/C28H34/c1-6-9-10-15-26(12-7-2)28-21-27(18-16-23(28)5)25(8-3)19-17-24-14-11-13-22(4)20-24/h8,10-21H,6-7,9H2,1-5H3/b15-10-,19-17-,25-8+,26-12-. The maximum atomic E-state index is 2.34. The molecule has 0 bridgehead atoms. The van der Waals surface area contributed by atoms with Crippen molar-refractivity contribution < 1.29 is 0 Å². The molecule has 0 atom stereocenters. The maximum absolute atomic E-state index is 2.34. The van der Waals surface area contributed by atoms with Crippen LogP contribution in [-0.2, 0) is 0 Å². The lowest BCUT2D eigenvalue weighted by atomic mass is 9.93. The summed E-state index contributed by atoms with van der Waals surface area (Å²) in [6.45, 7) is 10.9. The Balaban J connectivity index is 2.37. The van der Waals surface area contributed by atoms with Crippen LogP contribution >= 0.6 is 0 Å². The summed E-state index contributed by atoms with van der Waals surface area (Å²) in [6, 6.07) is 15.4. The number of hydrogen-bond donors (Lipinski definition) is 0. The second-order valence-corrected chi connectivity index (χ2v) is 7.28. The lowest BCUT2D eigenvalue weighted by Gasteiger charge is -2.11. The number of allylic oxidation sites excluding steroid dienone is 7. The first kappa shape index (κ1) is 21.7. The number of hydrogen-bond acceptors (Lipinski definition) is 0. The molecule has 146 valence electrons. The second-order valence-electron chi connectivity index (χ2n) is 7.28. The molecule has 2 aromatic rings. The van der Waals surface area contributed by atoms with Crippen molar-refractivity contribution in [1.82, 2.24) is 0 Å². The maximum Gasteiger partial charge on any atom is -0.0152 e. The Labute approximate surface area is 172 Å². The van der Waals surface area contributed by atoms with Crippen LogP contribution in [0.25, 0.3) is 17.2 Å². The predicted octanol–water partition coefficient (Wildman–Crippen LogP) is 8.57. The van der Waals surface area contributed by atoms with Gasteiger partial charge in [0.1, 0.15) is 0 Å². The van der Waals surface area contributed by atoms with Crippen LogP contribution in [0.3, 0.4) is 0 Å². The van der Waals surface area contributed by atoms with Crippen LogP contribution in [0.1, 0.15) is 67.9 Å². The van der Waals surface area contributed by atoms with E-state index in [1.807, 2.05) is 0 Å². The van der Waals surface area contributed by atoms with E-state index in [4.69, 9.17) is 0 Å². The summed E-state index contributed by atoms with van der Waals surface area (Å²) in [6.07, 6.45) is 16.9. The third-order valence-corrected chi connectivity index (χ3v) is 4.87. The first-order chi connectivity index (χ1) is 13.6. The Morgan fingerprint density at radius 1 is 0.929 bits per heavy atom. The van der Waals surface area contributed by atoms with Crippen molar-refractivity contribution in [1.29, 1.82) is 0 Å². The van der Waals surface area contributed by atoms with Gasteiger partial charge in [-0.2, -0.15) is 0 Å². The first-order valence-electron chi connectivity index (χ1n) is 10.5. The predicted molar refractivity (Wildman–Crippen MR) is 127 cm³/mol. The van der Waals surface area contributed by atoms with Gasteiger partial charge >= 0.3 is 0 Å². The number of benzene rings is 2. The van der Waals surface area contributed by atoms with Crippen molar-refractivity contribution >= 4 is 17.2 Å². The molecule has 0 spiro atoms. The van der Waals surface area contributed by atoms with Crippen LogP contribution in [0.5, 0.6) is 0 Å². The Bertz CT molecular complexity index is 888. The summed E-state index contributed by atoms with van der Waals surface area (Å²) in [7, 11) is 0. The lowest BCUT2D eigenvalue weighted by Crippen LogP contribution is -1.91. The second kappa shape index (κ2) is 11.3. The fourth-order valence-electron chi connectivity index (χ4n) is 3.30. The molecule has 0 heterocycles. The van der Waals surface area contributed by atoms with Gasteiger partial charge in [-0.05, 0) is 73.1 Å². The van der Waals surface area contributed by atoms with E-state index in [9.17, 15) is 0 Å². The van der Waals surface area contributed by atoms with E-state index in [1.165, 1.54) is 45.4 Å². The van der Waals surface area contributed by atoms with Gasteiger partial charge in [0.25, 0.3) is 0 Å². The van der Waals surface area contributed by atoms with Gasteiger partial charge in [0.15, 0.2) is 0 Å². The highest BCUT2D eigenvalue weighted by molar-refractivity contribution is 5.83. The fourth-order valence-corrected chi connectivity index (χ4v) is 3.30. The zero-order valence-corrected chi connectivity index (χ0v) is 18.1. The number of aryl methyl sites for hydroxylation is 2. The van der Waals surface area contributed by atoms with E-state index < -0.39 is 0 Å². The molecule has 0 aromatic heterocycles. The molecule has 0 aliphatic heterocycles. The van der Waals surface area contributed by atoms with Crippen molar-refractivity contribution in [2.24, 2.45) is 0 Å². The number of unbranched alkanes of at least 4 members (excludes halogenated alkanes) is 1. The summed E-state index contributed by atoms with van der Waals surface area (Å²) >= 11 is 0. The van der Waals surface area contributed by atoms with Crippen molar-refractivity contribution in [3.05, 3.63) is 101 Å². The molecule has 0 N–H and O–H groups in total. The van der Waals surface area contributed by atoms with E-state index in [0.717, 1.165) is 12.8 Å². The topological polar surface area (TPSA) is 0 Å². The molecule has 0 nitrogen and oxygen atoms in total. The van der Waals surface area contributed by atoms with Crippen LogP contribution in [-0.4, -0.2) is 0 Å². The van der Waals surface area contributed by atoms with Gasteiger partial charge in [0, 0.05) is 0 Å². The molecule has 0 heteroatoms. The molecule has 0 amide bonds. The average molecular weight is 371 g/mol. The zero-order chi connectivity index (χ0) is 20.4. The smallest absolute Gasteiger partial charge is 0.0152 e. The monoisotopic (exact) mass is 370 g/mol. The highest BCUT2D eigenvalue weighted by atomic mass is 14.1. The Hall–Kier alpha value is -2.60. The Morgan fingerprint density at radius 3 is 2.43 bits per heavy atom. The number of rotatable bonds is 8. The molecule has 2 aromatic carbocycles. The summed E-state index contributed by atoms with van der Waals surface area (Å²) < 4.78 is 0. The van der Waals surface area contributed by atoms with E-state index >= 15 is 0 Å². The molecule has 28 heavy (non-hydrogen) atoms. The lowest BCUT2D eigenvalue weighted by molar-refractivity contribution is 0.959. The van der Waals surface area contributed by atoms with Crippen molar-refractivity contribution in [2.75, 3.05) is 0 Å². The summed E-state index contributed by atoms with van der Waals surface area (Å²) in [5.41, 5.74) is 9.01. The molecule has 0 unspecified atom stereocenters. The molecule has 2 rings (SSSR count). The quantitative estimate of drug-likeness (QED) is 0.408. The van der Waals surface area contributed by atoms with Gasteiger partial charge in [-0.15, -0.1) is 0 Å². The molecule has 0 aliphatic carbocycles. The molecule has 0 aliphatic rings. The van der Waals surface area contributed by atoms with Gasteiger partial charge in [-0.3, -0.25) is 0 Å². The molecule has 0 radical (unpaired) electrons. The molecule has 0 saturated carbocycles. The van der Waals surface area contributed by atoms with Gasteiger partial charge < -0.3 is 0 Å². The minimum atomic E-state index is 1.04. The first-order valence-corrected chi connectivity index (χ1v) is 10.5. The summed E-state index contributed by atoms with van der Waals surface area (Å²) in [4.78, 5) is 0. The summed E-state index contributed by atoms with van der Waals surface area (Å²) in [5.74, 6) is 0. The van der Waals surface area contributed by atoms with E-state index in [2.05, 4.69) is 114 Å². The largest absolute Gasteiger partial charge is 0.0839 e. The normalized spacial score (nSPS) is 13.0. The van der Waals surface area contributed by atoms with Crippen molar-refractivity contribution in [3.63, 3.8) is 0 Å². The third-order valence-electron chi connectivity index (χ3n) is 4.87. The van der Waals surface area contributed by atoms with E-state index in [-0.39, 0.29) is 0 Å². The van der Waals surface area contributed by atoms with Gasteiger partial charge in [-0.1, -0.05) is 98.7 Å². The van der Waals surface area contributed by atoms with Gasteiger partial charge in [0.2, 0.25) is 0 Å². The molecular weight excluding hydrogens is 336 g/mol. The van der Waals surface area contributed by atoms with Gasteiger partial charge in [-0.25, -0.2) is 0 Å². The van der Waals surface area contributed by atoms with Crippen molar-refractivity contribution in [2.45, 2.75) is 53.9 Å². The fraction of sp³-hybridized carbons (Fsp3) is 0.286. The van der Waals surface area contributed by atoms with Crippen LogP contribution in [0.4, 0.5) is 0 Å². The van der Waals surface area contributed by atoms with Crippen molar-refractivity contribution in [3.8, 4) is 0 Å². The molecule has 0 fully saturated rings. The van der Waals surface area contributed by atoms with E-state index in [0.29, 0.717) is 0 Å². The van der Waals surface area contributed by atoms with E-state index in [1.54, 1.807) is 0 Å². The van der Waals surface area contributed by atoms with Crippen LogP contribution in [0, 0.1) is 13.8 Å². The Morgan fingerprint density at radius 2 is 1.75 bits per heavy atom. The average Bonchev–Trinajstić information content (AvgIpc) is 2.69. The molecular formula is C28H34.